The molecule has 1 amide bonds. The lowest BCUT2D eigenvalue weighted by molar-refractivity contribution is -0.118. The lowest BCUT2D eigenvalue weighted by Gasteiger charge is -2.29. The Hall–Kier alpha value is -1.39. The second-order valence-corrected chi connectivity index (χ2v) is 5.06. The fourth-order valence-electron chi connectivity index (χ4n) is 2.53. The van der Waals surface area contributed by atoms with Crippen LogP contribution in [0.1, 0.15) is 23.6 Å². The molecule has 0 spiro atoms. The quantitative estimate of drug-likeness (QED) is 0.872. The van der Waals surface area contributed by atoms with Crippen molar-refractivity contribution >= 4 is 11.6 Å². The van der Waals surface area contributed by atoms with Crippen LogP contribution in [-0.4, -0.2) is 38.5 Å². The van der Waals surface area contributed by atoms with Gasteiger partial charge >= 0.3 is 0 Å². The molecule has 1 aromatic rings. The maximum Gasteiger partial charge on any atom is 0.227 e. The third kappa shape index (κ3) is 2.26. The number of fused-ring (bicyclic) bond motifs is 1. The van der Waals surface area contributed by atoms with Gasteiger partial charge in [0.05, 0.1) is 0 Å². The van der Waals surface area contributed by atoms with E-state index in [1.807, 2.05) is 27.2 Å². The number of nitrogens with zero attached hydrogens (tertiary/aromatic N) is 2. The van der Waals surface area contributed by atoms with Crippen LogP contribution in [0, 0.1) is 0 Å². The van der Waals surface area contributed by atoms with Crippen molar-refractivity contribution in [2.45, 2.75) is 18.9 Å². The first kappa shape index (κ1) is 13.1. The van der Waals surface area contributed by atoms with Crippen molar-refractivity contribution in [1.29, 1.82) is 0 Å². The Morgan fingerprint density at radius 1 is 1.39 bits per heavy atom. The van der Waals surface area contributed by atoms with Crippen LogP contribution in [0.2, 0.25) is 0 Å². The maximum absolute atomic E-state index is 11.6. The zero-order chi connectivity index (χ0) is 13.3. The molecule has 2 N–H and O–H groups in total. The number of anilines is 1. The fraction of sp³-hybridized carbons (Fsp3) is 0.500. The second-order valence-electron chi connectivity index (χ2n) is 5.06. The molecule has 4 nitrogen and oxygen atoms in total. The van der Waals surface area contributed by atoms with Crippen molar-refractivity contribution in [2.75, 3.05) is 32.6 Å². The van der Waals surface area contributed by atoms with Crippen LogP contribution in [0.3, 0.4) is 0 Å². The van der Waals surface area contributed by atoms with Crippen molar-refractivity contribution in [3.05, 3.63) is 29.3 Å². The van der Waals surface area contributed by atoms with Gasteiger partial charge in [-0.3, -0.25) is 4.79 Å². The summed E-state index contributed by atoms with van der Waals surface area (Å²) in [6.07, 6.45) is 1.43. The molecular weight excluding hydrogens is 226 g/mol. The molecule has 0 aliphatic carbocycles. The summed E-state index contributed by atoms with van der Waals surface area (Å²) >= 11 is 0. The van der Waals surface area contributed by atoms with Crippen LogP contribution in [-0.2, 0) is 11.2 Å². The minimum atomic E-state index is 0.193. The Bertz CT molecular complexity index is 456. The summed E-state index contributed by atoms with van der Waals surface area (Å²) in [5, 5.41) is 0. The Labute approximate surface area is 108 Å². The van der Waals surface area contributed by atoms with E-state index in [1.165, 1.54) is 11.1 Å². The number of nitrogens with two attached hydrogens (primary N) is 1. The molecule has 1 atom stereocenters. The van der Waals surface area contributed by atoms with E-state index in [1.54, 1.807) is 4.90 Å². The Morgan fingerprint density at radius 2 is 2.11 bits per heavy atom. The Morgan fingerprint density at radius 3 is 2.72 bits per heavy atom. The van der Waals surface area contributed by atoms with Crippen molar-refractivity contribution in [1.82, 2.24) is 4.90 Å². The van der Waals surface area contributed by atoms with E-state index in [0.717, 1.165) is 12.1 Å². The van der Waals surface area contributed by atoms with Gasteiger partial charge in [-0.1, -0.05) is 12.1 Å². The van der Waals surface area contributed by atoms with Gasteiger partial charge in [-0.05, 0) is 37.7 Å². The van der Waals surface area contributed by atoms with Gasteiger partial charge in [0.15, 0.2) is 0 Å². The first-order valence-corrected chi connectivity index (χ1v) is 6.30. The highest BCUT2D eigenvalue weighted by Gasteiger charge is 2.22. The summed E-state index contributed by atoms with van der Waals surface area (Å²) < 4.78 is 0. The maximum atomic E-state index is 11.6. The summed E-state index contributed by atoms with van der Waals surface area (Å²) in [7, 11) is 5.91. The first-order chi connectivity index (χ1) is 8.54. The predicted octanol–water partition coefficient (Wildman–Crippen LogP) is 1.16. The van der Waals surface area contributed by atoms with Crippen LogP contribution in [0.5, 0.6) is 0 Å². The topological polar surface area (TPSA) is 49.6 Å². The lowest BCUT2D eigenvalue weighted by atomic mass is 9.96. The number of carbonyl (C=O) groups is 1. The third-order valence-corrected chi connectivity index (χ3v) is 3.68. The first-order valence-electron chi connectivity index (χ1n) is 6.30. The van der Waals surface area contributed by atoms with Gasteiger partial charge in [0.1, 0.15) is 0 Å². The van der Waals surface area contributed by atoms with Crippen molar-refractivity contribution in [2.24, 2.45) is 5.73 Å². The molecule has 2 rings (SSSR count). The fourth-order valence-corrected chi connectivity index (χ4v) is 2.53. The van der Waals surface area contributed by atoms with E-state index >= 15 is 0 Å². The number of hydrogen-bond donors (Lipinski definition) is 1. The molecule has 1 heterocycles. The van der Waals surface area contributed by atoms with Crippen LogP contribution in [0.4, 0.5) is 5.69 Å². The van der Waals surface area contributed by atoms with Crippen LogP contribution in [0.25, 0.3) is 0 Å². The normalized spacial score (nSPS) is 16.9. The standard InChI is InChI=1S/C14H21N3O/c1-16(2)13(9-15)11-4-6-12-10(8-11)5-7-14(18)17(12)3/h4,6,8,13H,5,7,9,15H2,1-3H3. The molecule has 0 fully saturated rings. The van der Waals surface area contributed by atoms with Gasteiger partial charge in [0.25, 0.3) is 0 Å². The molecule has 18 heavy (non-hydrogen) atoms. The van der Waals surface area contributed by atoms with E-state index in [0.29, 0.717) is 13.0 Å². The highest BCUT2D eigenvalue weighted by atomic mass is 16.2. The van der Waals surface area contributed by atoms with Gasteiger partial charge in [0, 0.05) is 31.7 Å². The van der Waals surface area contributed by atoms with Crippen LogP contribution in [0.15, 0.2) is 18.2 Å². The molecule has 0 aromatic heterocycles. The molecule has 1 aliphatic rings. The molecule has 0 saturated heterocycles. The largest absolute Gasteiger partial charge is 0.329 e. The van der Waals surface area contributed by atoms with Gasteiger partial charge < -0.3 is 15.5 Å². The molecule has 1 unspecified atom stereocenters. The van der Waals surface area contributed by atoms with E-state index < -0.39 is 0 Å². The zero-order valence-electron chi connectivity index (χ0n) is 11.3. The van der Waals surface area contributed by atoms with E-state index in [9.17, 15) is 4.79 Å². The van der Waals surface area contributed by atoms with Gasteiger partial charge in [-0.2, -0.15) is 0 Å². The molecule has 0 bridgehead atoms. The zero-order valence-corrected chi connectivity index (χ0v) is 11.3. The summed E-state index contributed by atoms with van der Waals surface area (Å²) in [4.78, 5) is 15.5. The van der Waals surface area contributed by atoms with Gasteiger partial charge in [-0.25, -0.2) is 0 Å². The highest BCUT2D eigenvalue weighted by Crippen LogP contribution is 2.30. The molecule has 1 aromatic carbocycles. The SMILES string of the molecule is CN1C(=O)CCc2cc(C(CN)N(C)C)ccc21. The highest BCUT2D eigenvalue weighted by molar-refractivity contribution is 5.95. The summed E-state index contributed by atoms with van der Waals surface area (Å²) in [5.74, 6) is 0.193. The summed E-state index contributed by atoms with van der Waals surface area (Å²) in [6, 6.07) is 6.54. The summed E-state index contributed by atoms with van der Waals surface area (Å²) in [5.41, 5.74) is 9.33. The van der Waals surface area contributed by atoms with Gasteiger partial charge in [0.2, 0.25) is 5.91 Å². The van der Waals surface area contributed by atoms with E-state index in [4.69, 9.17) is 5.73 Å². The van der Waals surface area contributed by atoms with Crippen molar-refractivity contribution in [3.63, 3.8) is 0 Å². The smallest absolute Gasteiger partial charge is 0.227 e. The molecule has 1 aliphatic heterocycles. The Balaban J connectivity index is 2.36. The predicted molar refractivity (Wildman–Crippen MR) is 73.7 cm³/mol. The minimum Gasteiger partial charge on any atom is -0.329 e. The summed E-state index contributed by atoms with van der Waals surface area (Å²) in [6.45, 7) is 0.598. The molecule has 0 radical (unpaired) electrons. The van der Waals surface area contributed by atoms with Crippen molar-refractivity contribution < 1.29 is 4.79 Å². The second kappa shape index (κ2) is 5.08. The Kier molecular flexibility index (Phi) is 3.68. The number of likely N-dealkylation sites (N-methyl/N-ethyl adjacent to an activating group) is 1. The minimum absolute atomic E-state index is 0.193. The number of amides is 1. The molecule has 98 valence electrons. The molecule has 0 saturated carbocycles. The van der Waals surface area contributed by atoms with E-state index in [2.05, 4.69) is 17.0 Å². The number of benzene rings is 1. The molecule has 4 heteroatoms. The number of carbonyl (C=O) groups excluding carboxylic acids is 1. The lowest BCUT2D eigenvalue weighted by Crippen LogP contribution is -2.32. The molecular formula is C14H21N3O. The van der Waals surface area contributed by atoms with Crippen LogP contribution >= 0.6 is 0 Å². The third-order valence-electron chi connectivity index (χ3n) is 3.68. The number of hydrogen-bond acceptors (Lipinski definition) is 3. The number of rotatable bonds is 3. The average molecular weight is 247 g/mol. The number of aryl methyl sites for hydroxylation is 1. The van der Waals surface area contributed by atoms with Crippen LogP contribution < -0.4 is 10.6 Å². The van der Waals surface area contributed by atoms with E-state index in [-0.39, 0.29) is 11.9 Å². The average Bonchev–Trinajstić information content (AvgIpc) is 2.34. The van der Waals surface area contributed by atoms with Crippen molar-refractivity contribution in [3.8, 4) is 0 Å². The monoisotopic (exact) mass is 247 g/mol. The van der Waals surface area contributed by atoms with Gasteiger partial charge in [-0.15, -0.1) is 0 Å².